The molecule has 0 spiro atoms. The number of halogens is 4. The van der Waals surface area contributed by atoms with Crippen LogP contribution in [0.4, 0.5) is 13.2 Å². The average Bonchev–Trinajstić information content (AvgIpc) is 3.28. The highest BCUT2D eigenvalue weighted by Crippen LogP contribution is 2.39. The molecule has 5 aromatic rings. The molecule has 1 aliphatic heterocycles. The van der Waals surface area contributed by atoms with Gasteiger partial charge in [0.25, 0.3) is 17.6 Å². The molecule has 0 atom stereocenters. The van der Waals surface area contributed by atoms with E-state index in [2.05, 4.69) is 0 Å². The third kappa shape index (κ3) is 5.97. The molecule has 244 valence electrons. The number of alkyl halides is 3. The quantitative estimate of drug-likeness (QED) is 0.0971. The van der Waals surface area contributed by atoms with Crippen molar-refractivity contribution in [1.29, 1.82) is 0 Å². The predicted octanol–water partition coefficient (Wildman–Crippen LogP) is 7.90. The molecule has 0 saturated heterocycles. The second-order valence-corrected chi connectivity index (χ2v) is 11.3. The molecule has 2 amide bonds. The lowest BCUT2D eigenvalue weighted by Gasteiger charge is -2.15. The molecule has 0 radical (unpaired) electrons. The minimum absolute atomic E-state index is 0.00986. The molecule has 4 aromatic carbocycles. The van der Waals surface area contributed by atoms with Crippen molar-refractivity contribution in [3.63, 3.8) is 0 Å². The monoisotopic (exact) mass is 677 g/mol. The predicted molar refractivity (Wildman–Crippen MR) is 167 cm³/mol. The van der Waals surface area contributed by atoms with Gasteiger partial charge in [0.1, 0.15) is 22.8 Å². The molecule has 2 heterocycles. The van der Waals surface area contributed by atoms with Crippen molar-refractivity contribution in [3.8, 4) is 23.0 Å². The molecular formula is C35H23ClF3NO8. The van der Waals surface area contributed by atoms with Crippen LogP contribution in [0.15, 0.2) is 82.0 Å². The fraction of sp³-hybridized carbons (Fsp3) is 0.143. The number of rotatable bonds is 7. The maximum atomic E-state index is 14.1. The molecule has 0 bridgehead atoms. The van der Waals surface area contributed by atoms with Gasteiger partial charge >= 0.3 is 12.1 Å². The Morgan fingerprint density at radius 3 is 2.12 bits per heavy atom. The molecule has 9 nitrogen and oxygen atoms in total. The number of ether oxygens (including phenoxy) is 3. The second kappa shape index (κ2) is 12.2. The van der Waals surface area contributed by atoms with Crippen LogP contribution in [-0.4, -0.2) is 29.8 Å². The Labute approximate surface area is 275 Å². The first-order valence-electron chi connectivity index (χ1n) is 14.2. The summed E-state index contributed by atoms with van der Waals surface area (Å²) >= 11 is 6.15. The topological polar surface area (TPSA) is 112 Å². The van der Waals surface area contributed by atoms with Gasteiger partial charge in [0.2, 0.25) is 11.2 Å². The van der Waals surface area contributed by atoms with Crippen molar-refractivity contribution < 1.29 is 46.2 Å². The molecule has 0 N–H and O–H groups in total. The highest BCUT2D eigenvalue weighted by atomic mass is 35.5. The van der Waals surface area contributed by atoms with Crippen LogP contribution < -0.4 is 19.6 Å². The van der Waals surface area contributed by atoms with E-state index in [1.807, 2.05) is 0 Å². The summed E-state index contributed by atoms with van der Waals surface area (Å²) < 4.78 is 63.3. The van der Waals surface area contributed by atoms with E-state index >= 15 is 0 Å². The first kappa shape index (κ1) is 32.3. The number of benzene rings is 4. The Kier molecular flexibility index (Phi) is 8.21. The fourth-order valence-corrected chi connectivity index (χ4v) is 5.33. The van der Waals surface area contributed by atoms with Crippen molar-refractivity contribution >= 4 is 40.4 Å². The van der Waals surface area contributed by atoms with Crippen molar-refractivity contribution in [3.05, 3.63) is 127 Å². The molecule has 48 heavy (non-hydrogen) atoms. The zero-order chi connectivity index (χ0) is 34.5. The fourth-order valence-electron chi connectivity index (χ4n) is 5.22. The standard InChI is InChI=1S/C35H23ClF3NO8/c1-17-12-23(13-18(2)28(17)36)46-30-29(41)25-11-9-22(15-27(25)48-31(30)35(37,38)39)47-34(44)20-6-10-24-26(14-20)33(43)40(32(24)42)16-19-4-7-21(45-3)8-5-19/h4-15H,16H2,1-3H3. The molecule has 0 saturated carbocycles. The number of nitrogens with zero attached hydrogens (tertiary/aromatic N) is 1. The second-order valence-electron chi connectivity index (χ2n) is 10.9. The van der Waals surface area contributed by atoms with Gasteiger partial charge in [-0.15, -0.1) is 0 Å². The maximum absolute atomic E-state index is 14.1. The van der Waals surface area contributed by atoms with Crippen molar-refractivity contribution in [1.82, 2.24) is 4.90 Å². The van der Waals surface area contributed by atoms with Crippen LogP contribution in [0.2, 0.25) is 5.02 Å². The Bertz CT molecular complexity index is 2190. The number of carbonyl (C=O) groups is 3. The van der Waals surface area contributed by atoms with Gasteiger partial charge < -0.3 is 18.6 Å². The Morgan fingerprint density at radius 2 is 1.48 bits per heavy atom. The van der Waals surface area contributed by atoms with E-state index < -0.39 is 46.5 Å². The molecule has 0 aliphatic carbocycles. The number of esters is 1. The third-order valence-electron chi connectivity index (χ3n) is 7.63. The van der Waals surface area contributed by atoms with Gasteiger partial charge in [-0.05, 0) is 85.1 Å². The lowest BCUT2D eigenvalue weighted by Crippen LogP contribution is -2.29. The first-order chi connectivity index (χ1) is 22.7. The van der Waals surface area contributed by atoms with E-state index in [1.165, 1.54) is 43.5 Å². The Morgan fingerprint density at radius 1 is 0.833 bits per heavy atom. The molecule has 1 aromatic heterocycles. The summed E-state index contributed by atoms with van der Waals surface area (Å²) in [6.45, 7) is 3.26. The molecular weight excluding hydrogens is 655 g/mol. The summed E-state index contributed by atoms with van der Waals surface area (Å²) in [6.07, 6.45) is -5.12. The maximum Gasteiger partial charge on any atom is 0.453 e. The highest BCUT2D eigenvalue weighted by Gasteiger charge is 2.41. The van der Waals surface area contributed by atoms with Crippen molar-refractivity contribution in [2.45, 2.75) is 26.6 Å². The van der Waals surface area contributed by atoms with E-state index in [9.17, 15) is 32.3 Å². The van der Waals surface area contributed by atoms with Crippen molar-refractivity contribution in [2.75, 3.05) is 7.11 Å². The number of hydrogen-bond acceptors (Lipinski definition) is 8. The zero-order valence-corrected chi connectivity index (χ0v) is 26.1. The first-order valence-corrected chi connectivity index (χ1v) is 14.6. The van der Waals surface area contributed by atoms with E-state index in [-0.39, 0.29) is 40.1 Å². The van der Waals surface area contributed by atoms with E-state index in [0.29, 0.717) is 27.5 Å². The van der Waals surface area contributed by atoms with E-state index in [4.69, 9.17) is 30.2 Å². The lowest BCUT2D eigenvalue weighted by molar-refractivity contribution is -0.154. The van der Waals surface area contributed by atoms with Crippen LogP contribution in [0, 0.1) is 13.8 Å². The molecule has 13 heteroatoms. The van der Waals surface area contributed by atoms with Crippen LogP contribution in [0.1, 0.15) is 53.5 Å². The third-order valence-corrected chi connectivity index (χ3v) is 8.22. The van der Waals surface area contributed by atoms with Gasteiger partial charge in [-0.3, -0.25) is 19.3 Å². The van der Waals surface area contributed by atoms with Gasteiger partial charge in [0.15, 0.2) is 0 Å². The van der Waals surface area contributed by atoms with Gasteiger partial charge in [-0.25, -0.2) is 4.79 Å². The summed E-state index contributed by atoms with van der Waals surface area (Å²) in [6, 6.07) is 16.7. The van der Waals surface area contributed by atoms with Gasteiger partial charge in [-0.1, -0.05) is 23.7 Å². The smallest absolute Gasteiger partial charge is 0.453 e. The Balaban J connectivity index is 1.26. The highest BCUT2D eigenvalue weighted by molar-refractivity contribution is 6.32. The number of imide groups is 1. The molecule has 0 unspecified atom stereocenters. The number of amides is 2. The van der Waals surface area contributed by atoms with E-state index in [1.54, 1.807) is 38.1 Å². The summed E-state index contributed by atoms with van der Waals surface area (Å²) in [5.74, 6) is -4.57. The minimum Gasteiger partial charge on any atom is -0.497 e. The lowest BCUT2D eigenvalue weighted by atomic mass is 10.1. The molecule has 6 rings (SSSR count). The number of methoxy groups -OCH3 is 1. The van der Waals surface area contributed by atoms with Crippen LogP contribution in [0.5, 0.6) is 23.0 Å². The summed E-state index contributed by atoms with van der Waals surface area (Å²) in [4.78, 5) is 53.4. The number of hydrogen-bond donors (Lipinski definition) is 0. The van der Waals surface area contributed by atoms with Crippen LogP contribution in [-0.2, 0) is 12.7 Å². The SMILES string of the molecule is COc1ccc(CN2C(=O)c3ccc(C(=O)Oc4ccc5c(=O)c(Oc6cc(C)c(Cl)c(C)c6)c(C(F)(F)F)oc5c4)cc3C2=O)cc1. The number of fused-ring (bicyclic) bond motifs is 2. The van der Waals surface area contributed by atoms with Crippen LogP contribution in [0.25, 0.3) is 11.0 Å². The summed E-state index contributed by atoms with van der Waals surface area (Å²) in [5.41, 5.74) is 0.0979. The normalized spacial score (nSPS) is 12.8. The van der Waals surface area contributed by atoms with Gasteiger partial charge in [-0.2, -0.15) is 13.2 Å². The number of carbonyl (C=O) groups excluding carboxylic acids is 3. The summed E-state index contributed by atoms with van der Waals surface area (Å²) in [7, 11) is 1.51. The largest absolute Gasteiger partial charge is 0.497 e. The Hall–Kier alpha value is -5.62. The van der Waals surface area contributed by atoms with E-state index in [0.717, 1.165) is 17.0 Å². The minimum atomic E-state index is -5.12. The zero-order valence-electron chi connectivity index (χ0n) is 25.4. The number of aryl methyl sites for hydroxylation is 2. The van der Waals surface area contributed by atoms with Gasteiger partial charge in [0.05, 0.1) is 35.7 Å². The van der Waals surface area contributed by atoms with Crippen LogP contribution in [0.3, 0.4) is 0 Å². The van der Waals surface area contributed by atoms with Crippen LogP contribution >= 0.6 is 11.6 Å². The van der Waals surface area contributed by atoms with Crippen molar-refractivity contribution in [2.24, 2.45) is 0 Å². The van der Waals surface area contributed by atoms with Gasteiger partial charge in [0, 0.05) is 11.1 Å². The average molecular weight is 678 g/mol. The molecule has 1 aliphatic rings. The summed E-state index contributed by atoms with van der Waals surface area (Å²) in [5, 5.41) is 0.136. The molecule has 0 fully saturated rings.